The molecule has 1 aliphatic heterocycles. The fourth-order valence-electron chi connectivity index (χ4n) is 3.36. The molecule has 3 rings (SSSR count). The van der Waals surface area contributed by atoms with Crippen molar-refractivity contribution in [1.29, 1.82) is 0 Å². The molecular formula is C20H25F3N4O2S. The second kappa shape index (κ2) is 10.3. The lowest BCUT2D eigenvalue weighted by Gasteiger charge is -2.34. The first-order valence-corrected chi connectivity index (χ1v) is 10.9. The number of rotatable bonds is 8. The van der Waals surface area contributed by atoms with Crippen LogP contribution < -0.4 is 0 Å². The smallest absolute Gasteiger partial charge is 0.372 e. The number of amides is 1. The molecule has 0 atom stereocenters. The maximum Gasteiger partial charge on any atom is 0.411 e. The number of halogens is 3. The Hall–Kier alpha value is -2.04. The molecule has 0 bridgehead atoms. The van der Waals surface area contributed by atoms with E-state index < -0.39 is 12.8 Å². The quantitative estimate of drug-likeness (QED) is 0.464. The molecule has 30 heavy (non-hydrogen) atoms. The van der Waals surface area contributed by atoms with Crippen LogP contribution in [0.3, 0.4) is 0 Å². The summed E-state index contributed by atoms with van der Waals surface area (Å²) < 4.78 is 42.8. The lowest BCUT2D eigenvalue weighted by atomic mass is 10.1. The van der Waals surface area contributed by atoms with Crippen LogP contribution in [0, 0.1) is 0 Å². The molecule has 164 valence electrons. The molecule has 0 radical (unpaired) electrons. The number of carbonyl (C=O) groups excluding carboxylic acids is 1. The Morgan fingerprint density at radius 3 is 2.70 bits per heavy atom. The van der Waals surface area contributed by atoms with E-state index in [0.29, 0.717) is 44.7 Å². The highest BCUT2D eigenvalue weighted by atomic mass is 32.2. The Balaban J connectivity index is 1.48. The van der Waals surface area contributed by atoms with Crippen LogP contribution >= 0.6 is 11.8 Å². The molecule has 1 aliphatic rings. The highest BCUT2D eigenvalue weighted by Crippen LogP contribution is 2.20. The van der Waals surface area contributed by atoms with E-state index in [1.807, 2.05) is 46.2 Å². The second-order valence-corrected chi connectivity index (χ2v) is 7.76. The Labute approximate surface area is 178 Å². The highest BCUT2D eigenvalue weighted by Gasteiger charge is 2.27. The minimum atomic E-state index is -4.28. The third kappa shape index (κ3) is 6.23. The molecule has 1 aromatic heterocycles. The second-order valence-electron chi connectivity index (χ2n) is 6.99. The van der Waals surface area contributed by atoms with Gasteiger partial charge in [-0.3, -0.25) is 14.3 Å². The Morgan fingerprint density at radius 1 is 1.23 bits per heavy atom. The minimum Gasteiger partial charge on any atom is -0.372 e. The molecule has 1 amide bonds. The average molecular weight is 443 g/mol. The number of thioether (sulfide) groups is 1. The Kier molecular flexibility index (Phi) is 7.79. The molecule has 10 heteroatoms. The summed E-state index contributed by atoms with van der Waals surface area (Å²) in [4.78, 5) is 21.2. The standard InChI is InChI=1S/C20H25F3N4O2S/c1-30-19-24-6-8-27(19)17-5-2-4-16(14-17)18(28)26-11-9-25(10-12-26)7-3-13-29-15-20(21,22)23/h2,4-6,8,14H,3,7,9-13,15H2,1H3. The fraction of sp³-hybridized carbons (Fsp3) is 0.500. The van der Waals surface area contributed by atoms with Crippen LogP contribution in [0.5, 0.6) is 0 Å². The van der Waals surface area contributed by atoms with Crippen molar-refractivity contribution < 1.29 is 22.7 Å². The van der Waals surface area contributed by atoms with E-state index in [9.17, 15) is 18.0 Å². The summed E-state index contributed by atoms with van der Waals surface area (Å²) >= 11 is 1.54. The highest BCUT2D eigenvalue weighted by molar-refractivity contribution is 7.98. The van der Waals surface area contributed by atoms with Crippen molar-refractivity contribution >= 4 is 17.7 Å². The fourth-order valence-corrected chi connectivity index (χ4v) is 3.89. The van der Waals surface area contributed by atoms with E-state index >= 15 is 0 Å². The number of carbonyl (C=O) groups is 1. The van der Waals surface area contributed by atoms with Gasteiger partial charge in [-0.05, 0) is 30.9 Å². The van der Waals surface area contributed by atoms with Crippen molar-refractivity contribution in [2.45, 2.75) is 17.8 Å². The van der Waals surface area contributed by atoms with Crippen LogP contribution in [-0.2, 0) is 4.74 Å². The number of imidazole rings is 1. The molecule has 2 heterocycles. The third-order valence-corrected chi connectivity index (χ3v) is 5.52. The van der Waals surface area contributed by atoms with Crippen LogP contribution in [0.1, 0.15) is 16.8 Å². The predicted molar refractivity (Wildman–Crippen MR) is 109 cm³/mol. The van der Waals surface area contributed by atoms with Gasteiger partial charge in [0.25, 0.3) is 5.91 Å². The summed E-state index contributed by atoms with van der Waals surface area (Å²) in [6.07, 6.45) is 1.81. The predicted octanol–water partition coefficient (Wildman–Crippen LogP) is 3.32. The number of aromatic nitrogens is 2. The molecule has 0 saturated carbocycles. The molecule has 1 fully saturated rings. The SMILES string of the molecule is CSc1nccn1-c1cccc(C(=O)N2CCN(CCCOCC(F)(F)F)CC2)c1. The van der Waals surface area contributed by atoms with E-state index in [-0.39, 0.29) is 12.5 Å². The van der Waals surface area contributed by atoms with Gasteiger partial charge in [0.15, 0.2) is 5.16 Å². The lowest BCUT2D eigenvalue weighted by molar-refractivity contribution is -0.174. The maximum absolute atomic E-state index is 12.9. The maximum atomic E-state index is 12.9. The molecule has 1 saturated heterocycles. The number of ether oxygens (including phenoxy) is 1. The first kappa shape index (κ1) is 22.6. The first-order valence-electron chi connectivity index (χ1n) is 9.71. The van der Waals surface area contributed by atoms with Crippen molar-refractivity contribution in [1.82, 2.24) is 19.4 Å². The largest absolute Gasteiger partial charge is 0.411 e. The number of alkyl halides is 3. The van der Waals surface area contributed by atoms with Crippen LogP contribution in [0.25, 0.3) is 5.69 Å². The van der Waals surface area contributed by atoms with E-state index in [2.05, 4.69) is 14.6 Å². The summed E-state index contributed by atoms with van der Waals surface area (Å²) in [6.45, 7) is 2.12. The molecule has 2 aromatic rings. The van der Waals surface area contributed by atoms with E-state index in [1.54, 1.807) is 6.20 Å². The molecule has 6 nitrogen and oxygen atoms in total. The van der Waals surface area contributed by atoms with Gasteiger partial charge in [0, 0.05) is 63.0 Å². The van der Waals surface area contributed by atoms with Crippen molar-refractivity contribution in [2.24, 2.45) is 0 Å². The summed E-state index contributed by atoms with van der Waals surface area (Å²) in [5.41, 5.74) is 1.52. The first-order chi connectivity index (χ1) is 14.4. The zero-order valence-corrected chi connectivity index (χ0v) is 17.6. The van der Waals surface area contributed by atoms with Crippen molar-refractivity contribution in [2.75, 3.05) is 52.2 Å². The molecular weight excluding hydrogens is 417 g/mol. The van der Waals surface area contributed by atoms with Crippen molar-refractivity contribution in [3.05, 3.63) is 42.2 Å². The molecule has 0 spiro atoms. The van der Waals surface area contributed by atoms with Crippen LogP contribution in [-0.4, -0.2) is 83.6 Å². The number of hydrogen-bond acceptors (Lipinski definition) is 5. The Bertz CT molecular complexity index is 835. The zero-order chi connectivity index (χ0) is 21.6. The van der Waals surface area contributed by atoms with E-state index in [0.717, 1.165) is 10.8 Å². The third-order valence-electron chi connectivity index (χ3n) is 4.85. The van der Waals surface area contributed by atoms with Gasteiger partial charge in [-0.25, -0.2) is 4.98 Å². The zero-order valence-electron chi connectivity index (χ0n) is 16.8. The van der Waals surface area contributed by atoms with Gasteiger partial charge >= 0.3 is 6.18 Å². The minimum absolute atomic E-state index is 0.0178. The van der Waals surface area contributed by atoms with Gasteiger partial charge in [0.1, 0.15) is 6.61 Å². The van der Waals surface area contributed by atoms with Gasteiger partial charge < -0.3 is 9.64 Å². The van der Waals surface area contributed by atoms with Crippen LogP contribution in [0.15, 0.2) is 41.8 Å². The van der Waals surface area contributed by atoms with Gasteiger partial charge in [0.2, 0.25) is 0 Å². The summed E-state index contributed by atoms with van der Waals surface area (Å²) in [7, 11) is 0. The van der Waals surface area contributed by atoms with Crippen molar-refractivity contribution in [3.8, 4) is 5.69 Å². The number of benzene rings is 1. The van der Waals surface area contributed by atoms with Crippen LogP contribution in [0.4, 0.5) is 13.2 Å². The van der Waals surface area contributed by atoms with Gasteiger partial charge in [-0.2, -0.15) is 13.2 Å². The molecule has 0 N–H and O–H groups in total. The monoisotopic (exact) mass is 442 g/mol. The molecule has 0 aliphatic carbocycles. The molecule has 1 aromatic carbocycles. The topological polar surface area (TPSA) is 50.6 Å². The van der Waals surface area contributed by atoms with Crippen LogP contribution in [0.2, 0.25) is 0 Å². The number of hydrogen-bond donors (Lipinski definition) is 0. The van der Waals surface area contributed by atoms with Gasteiger partial charge in [0.05, 0.1) is 0 Å². The van der Waals surface area contributed by atoms with Crippen molar-refractivity contribution in [3.63, 3.8) is 0 Å². The summed E-state index contributed by atoms with van der Waals surface area (Å²) in [5.74, 6) is -0.0178. The normalized spacial score (nSPS) is 15.5. The number of nitrogens with zero attached hydrogens (tertiary/aromatic N) is 4. The molecule has 0 unspecified atom stereocenters. The van der Waals surface area contributed by atoms with Gasteiger partial charge in [-0.1, -0.05) is 17.8 Å². The summed E-state index contributed by atoms with van der Waals surface area (Å²) in [6, 6.07) is 7.49. The van der Waals surface area contributed by atoms with E-state index in [1.165, 1.54) is 11.8 Å². The number of piperazine rings is 1. The lowest BCUT2D eigenvalue weighted by Crippen LogP contribution is -2.49. The summed E-state index contributed by atoms with van der Waals surface area (Å²) in [5, 5.41) is 0.854. The van der Waals surface area contributed by atoms with Gasteiger partial charge in [-0.15, -0.1) is 0 Å². The van der Waals surface area contributed by atoms with E-state index in [4.69, 9.17) is 0 Å². The Morgan fingerprint density at radius 2 is 2.00 bits per heavy atom. The average Bonchev–Trinajstić information content (AvgIpc) is 3.22.